The Balaban J connectivity index is 0.000000139. The summed E-state index contributed by atoms with van der Waals surface area (Å²) in [5.74, 6) is 0.418. The van der Waals surface area contributed by atoms with E-state index in [1.165, 1.54) is 83.4 Å². The van der Waals surface area contributed by atoms with Gasteiger partial charge in [0.1, 0.15) is 6.61 Å². The molecule has 0 spiro atoms. The molecule has 0 saturated carbocycles. The van der Waals surface area contributed by atoms with Crippen molar-refractivity contribution in [2.45, 2.75) is 106 Å². The zero-order chi connectivity index (χ0) is 105. The summed E-state index contributed by atoms with van der Waals surface area (Å²) in [7, 11) is 9.37. The van der Waals surface area contributed by atoms with Gasteiger partial charge in [-0.2, -0.15) is 70.2 Å². The summed E-state index contributed by atoms with van der Waals surface area (Å²) in [4.78, 5) is 111. The van der Waals surface area contributed by atoms with E-state index in [4.69, 9.17) is 37.4 Å². The molecule has 148 heavy (non-hydrogen) atoms. The number of halogens is 4. The van der Waals surface area contributed by atoms with Crippen LogP contribution in [0.2, 0.25) is 10.0 Å². The normalized spacial score (nSPS) is 11.0. The molecule has 52 heteroatoms. The molecular weight excluding hydrogens is 2080 g/mol. The van der Waals surface area contributed by atoms with E-state index < -0.39 is 17.1 Å². The largest absolute Gasteiger partial charge is 0.472 e. The van der Waals surface area contributed by atoms with Crippen LogP contribution >= 0.6 is 55.1 Å². The Morgan fingerprint density at radius 2 is 0.581 bits per heavy atom. The fourth-order valence-corrected chi connectivity index (χ4v) is 17.2. The Kier molecular flexibility index (Phi) is 33.3. The molecule has 0 bridgehead atoms. The van der Waals surface area contributed by atoms with Crippen molar-refractivity contribution in [1.82, 2.24) is 178 Å². The number of nitrogens with one attached hydrogen (secondary N) is 2. The third-order valence-electron chi connectivity index (χ3n) is 23.7. The van der Waals surface area contributed by atoms with Crippen LogP contribution in [0, 0.1) is 55.4 Å². The molecule has 20 aromatic rings. The van der Waals surface area contributed by atoms with E-state index >= 15 is 0 Å². The molecule has 2 N–H and O–H groups in total. The Hall–Kier alpha value is -17.4. The molecule has 0 aliphatic carbocycles. The lowest BCUT2D eigenvalue weighted by Crippen LogP contribution is -2.27. The standard InChI is InChI=1S/C28H25ClN10O3.C20H22N8O3.C19H19BrN8O2.C10H11BrN4O.C10H12N4O2.C9H7ClN2O/c1-18-6-4-8-24(38-27(40)35(3)31-33-38)22(18)16-37-28(41)39(34-32-37)25-9-5-7-19(2)23(25)17-42-26-14-15-36(30-26)21-12-10-20(29)11-13-21;1-13-7-5-9-17(27-19(29)25(3)21-23-27)15(13)11-26-20(30)28(24-22-26)18-10-6-8-14(2)16(18)12-31-4;1-12-6-4-8-16(14(12)10-20)28-19(30)26(22-24-28)11-15-13(2)7-5-9-17(15)27-18(29)25(3)21-23-27;1-7-4-3-5-9(8(7)6-11)15-10(16)14(2)12-13-15;1-7-4-3-5-9(8(7)6-16-2)14-10(15)11-12-13-14;10-7-1-3-8(4-2-7)12-6-5-9(13)11-12/h4-15H,16-17H2,1-3H3;5-10H,11-12H2,1-4H3;4-9H,10-11H2,1-3H3;3-5H,6H2,1-2H3;3-5H,6H2,1-2H3,(H,11,13,15);1-6H,(H,11,13). The van der Waals surface area contributed by atoms with Gasteiger partial charge in [0.25, 0.3) is 5.56 Å². The molecule has 0 saturated heterocycles. The van der Waals surface area contributed by atoms with E-state index in [0.717, 1.165) is 115 Å². The van der Waals surface area contributed by atoms with E-state index in [2.05, 4.69) is 131 Å². The molecule has 0 radical (unpaired) electrons. The lowest BCUT2D eigenvalue weighted by molar-refractivity contribution is 0.184. The van der Waals surface area contributed by atoms with Gasteiger partial charge in [0.05, 0.1) is 89.7 Å². The third-order valence-corrected chi connectivity index (χ3v) is 25.3. The zero-order valence-corrected chi connectivity index (χ0v) is 86.7. The van der Waals surface area contributed by atoms with Crippen LogP contribution in [-0.2, 0) is 87.8 Å². The molecule has 0 fully saturated rings. The van der Waals surface area contributed by atoms with Gasteiger partial charge in [0, 0.05) is 121 Å². The van der Waals surface area contributed by atoms with Gasteiger partial charge in [-0.3, -0.25) is 14.6 Å². The van der Waals surface area contributed by atoms with Crippen LogP contribution in [0.4, 0.5) is 0 Å². The minimum Gasteiger partial charge on any atom is -0.472 e. The first kappa shape index (κ1) is 105. The van der Waals surface area contributed by atoms with Gasteiger partial charge in [-0.25, -0.2) is 48.1 Å². The summed E-state index contributed by atoms with van der Waals surface area (Å²) in [5, 5.41) is 74.4. The fourth-order valence-electron chi connectivity index (χ4n) is 15.5. The topological polar surface area (TPSA) is 516 Å². The number of hydrogen-bond acceptors (Lipinski definition) is 29. The van der Waals surface area contributed by atoms with Crippen molar-refractivity contribution in [2.75, 3.05) is 14.2 Å². The number of nitrogens with zero attached hydrogens (tertiary/aromatic N) is 34. The molecule has 0 unspecified atom stereocenters. The first-order chi connectivity index (χ1) is 71.3. The van der Waals surface area contributed by atoms with Crippen molar-refractivity contribution < 1.29 is 14.2 Å². The third kappa shape index (κ3) is 23.2. The van der Waals surface area contributed by atoms with Crippen LogP contribution in [0.1, 0.15) is 89.0 Å². The summed E-state index contributed by atoms with van der Waals surface area (Å²) in [6.07, 6.45) is 3.47. The van der Waals surface area contributed by atoms with Crippen molar-refractivity contribution in [2.24, 2.45) is 28.2 Å². The number of ether oxygens (including phenoxy) is 3. The Morgan fingerprint density at radius 1 is 0.297 bits per heavy atom. The summed E-state index contributed by atoms with van der Waals surface area (Å²) in [5.41, 5.74) is 18.0. The lowest BCUT2D eigenvalue weighted by Gasteiger charge is -2.12. The molecular formula is C96H96Br2Cl2N36O12. The van der Waals surface area contributed by atoms with Gasteiger partial charge in [-0.05, 0) is 292 Å². The number of tetrazole rings is 8. The maximum absolute atomic E-state index is 13.6. The van der Waals surface area contributed by atoms with Gasteiger partial charge < -0.3 is 14.2 Å². The van der Waals surface area contributed by atoms with Crippen molar-refractivity contribution >= 4 is 55.1 Å². The minimum absolute atomic E-state index is 0.0731. The maximum Gasteiger partial charge on any atom is 0.368 e. The average Bonchev–Trinajstić information content (AvgIpc) is 1.64. The van der Waals surface area contributed by atoms with E-state index in [1.807, 2.05) is 195 Å². The second kappa shape index (κ2) is 47.0. The Morgan fingerprint density at radius 3 is 0.872 bits per heavy atom. The highest BCUT2D eigenvalue weighted by Crippen LogP contribution is 2.28. The number of methoxy groups -OCH3 is 2. The van der Waals surface area contributed by atoms with E-state index in [0.29, 0.717) is 85.2 Å². The Labute approximate surface area is 864 Å². The zero-order valence-electron chi connectivity index (χ0n) is 82.1. The number of H-pyrrole nitrogens is 2. The number of benzene rings is 10. The summed E-state index contributed by atoms with van der Waals surface area (Å²) < 4.78 is 38.1. The van der Waals surface area contributed by atoms with Crippen LogP contribution in [0.15, 0.2) is 262 Å². The van der Waals surface area contributed by atoms with Crippen LogP contribution in [-0.4, -0.2) is 193 Å². The second-order valence-electron chi connectivity index (χ2n) is 33.3. The van der Waals surface area contributed by atoms with Crippen molar-refractivity contribution in [3.63, 3.8) is 0 Å². The molecule has 0 aliphatic rings. The minimum atomic E-state index is -0.449. The number of alkyl halides is 2. The number of hydrogen-bond donors (Lipinski definition) is 2. The molecule has 10 heterocycles. The van der Waals surface area contributed by atoms with Crippen LogP contribution in [0.25, 0.3) is 56.9 Å². The smallest absolute Gasteiger partial charge is 0.368 e. The summed E-state index contributed by atoms with van der Waals surface area (Å²) in [6, 6.07) is 62.4. The molecule has 10 aromatic heterocycles. The van der Waals surface area contributed by atoms with Crippen molar-refractivity contribution in [3.8, 4) is 62.8 Å². The predicted molar refractivity (Wildman–Crippen MR) is 551 cm³/mol. The van der Waals surface area contributed by atoms with Crippen LogP contribution in [0.3, 0.4) is 0 Å². The molecule has 0 amide bonds. The average molecular weight is 2180 g/mol. The predicted octanol–water partition coefficient (Wildman–Crippen LogP) is 7.98. The van der Waals surface area contributed by atoms with Gasteiger partial charge in [0.15, 0.2) is 0 Å². The molecule has 0 aliphatic heterocycles. The highest BCUT2D eigenvalue weighted by atomic mass is 79.9. The van der Waals surface area contributed by atoms with Gasteiger partial charge >= 0.3 is 45.5 Å². The van der Waals surface area contributed by atoms with Gasteiger partial charge in [0.2, 0.25) is 5.88 Å². The Bertz CT molecular complexity index is 8750. The summed E-state index contributed by atoms with van der Waals surface area (Å²) in [6.45, 7) is 16.8. The molecule has 10 aromatic carbocycles. The quantitative estimate of drug-likeness (QED) is 0.0512. The first-order valence-corrected chi connectivity index (χ1v) is 48.1. The highest BCUT2D eigenvalue weighted by molar-refractivity contribution is 9.08. The lowest BCUT2D eigenvalue weighted by atomic mass is 10.1. The van der Waals surface area contributed by atoms with Gasteiger partial charge in [-0.15, -0.1) is 5.10 Å². The monoisotopic (exact) mass is 2170 g/mol. The second-order valence-corrected chi connectivity index (χ2v) is 35.3. The molecule has 760 valence electrons. The molecule has 0 atom stereocenters. The first-order valence-electron chi connectivity index (χ1n) is 45.1. The van der Waals surface area contributed by atoms with Crippen molar-refractivity contribution in [1.29, 1.82) is 0 Å². The molecule has 20 rings (SSSR count). The number of rotatable bonds is 25. The fraction of sp³-hybridized carbons (Fsp3) is 0.229. The SMILES string of the molecule is COCc1c(C)cccc1-n1nn[nH]c1=O.COCc1c(C)cccc1-n1nnn(Cc2c(C)cccc2-n2nnn(C)c2=O)c1=O.Cc1cccc(-n2nnn(C)c2=O)c1CBr.Cc1cccc(-n2nnn(C)c2=O)c1Cn1nnn(-c2cccc(C)c2CBr)c1=O.Cc1cccc(-n2nnn(C)c2=O)c1Cn1nnn(-c2cccc(C)c2COc2ccn(-c3ccc(Cl)cc3)n2)c1=O.O=c1ccn(-c2ccc(Cl)cc2)[nH]1. The van der Waals surface area contributed by atoms with E-state index in [9.17, 15) is 43.2 Å². The van der Waals surface area contributed by atoms with Gasteiger partial charge in [-0.1, -0.05) is 152 Å². The van der Waals surface area contributed by atoms with E-state index in [-0.39, 0.29) is 60.2 Å². The van der Waals surface area contributed by atoms with Crippen LogP contribution < -0.4 is 55.8 Å². The summed E-state index contributed by atoms with van der Waals surface area (Å²) >= 11 is 18.6. The number of aromatic amines is 2. The maximum atomic E-state index is 13.6. The highest BCUT2D eigenvalue weighted by Gasteiger charge is 2.25. The van der Waals surface area contributed by atoms with Crippen molar-refractivity contribution in [3.05, 3.63) is 412 Å². The number of aryl methyl sites for hydroxylation is 12. The van der Waals surface area contributed by atoms with Crippen LogP contribution in [0.5, 0.6) is 5.88 Å². The number of aromatic nitrogens is 36. The molecule has 48 nitrogen and oxygen atoms in total. The van der Waals surface area contributed by atoms with E-state index in [1.54, 1.807) is 104 Å².